The lowest BCUT2D eigenvalue weighted by Crippen LogP contribution is -2.48. The number of hydrogen-bond donors (Lipinski definition) is 1. The summed E-state index contributed by atoms with van der Waals surface area (Å²) >= 11 is 0. The van der Waals surface area contributed by atoms with Crippen LogP contribution in [0, 0.1) is 0 Å². The van der Waals surface area contributed by atoms with Gasteiger partial charge in [-0.15, -0.1) is 0 Å². The predicted octanol–water partition coefficient (Wildman–Crippen LogP) is -1.22. The third-order valence-electron chi connectivity index (χ3n) is 0.454. The first kappa shape index (κ1) is 11.3. The molecule has 0 aromatic rings. The summed E-state index contributed by atoms with van der Waals surface area (Å²) in [5.74, 6) is -0.961. The van der Waals surface area contributed by atoms with Gasteiger partial charge in [-0.1, -0.05) is 13.3 Å². The molecule has 0 aliphatic carbocycles. The second-order valence-corrected chi connectivity index (χ2v) is 1.62. The minimum Gasteiger partial charge on any atom is -0.550 e. The van der Waals surface area contributed by atoms with E-state index >= 15 is 0 Å². The molecular formula is C6H15NO2. The number of rotatable bonds is 2. The van der Waals surface area contributed by atoms with Crippen molar-refractivity contribution in [3.05, 3.63) is 0 Å². The molecule has 0 unspecified atom stereocenters. The van der Waals surface area contributed by atoms with E-state index in [0.29, 0.717) is 6.42 Å². The molecule has 56 valence electrons. The van der Waals surface area contributed by atoms with Gasteiger partial charge in [0.15, 0.2) is 0 Å². The predicted molar refractivity (Wildman–Crippen MR) is 33.3 cm³/mol. The molecule has 3 nitrogen and oxygen atoms in total. The molecule has 0 aliphatic rings. The molecule has 0 atom stereocenters. The Labute approximate surface area is 55.9 Å². The Bertz CT molecular complexity index is 64.1. The van der Waals surface area contributed by atoms with E-state index in [9.17, 15) is 9.90 Å². The fourth-order valence-corrected chi connectivity index (χ4v) is 0.204. The zero-order chi connectivity index (χ0) is 7.70. The van der Waals surface area contributed by atoms with E-state index in [0.717, 1.165) is 6.54 Å². The van der Waals surface area contributed by atoms with E-state index in [1.165, 1.54) is 0 Å². The fourth-order valence-electron chi connectivity index (χ4n) is 0.204. The third-order valence-corrected chi connectivity index (χ3v) is 0.454. The van der Waals surface area contributed by atoms with Crippen LogP contribution in [-0.2, 0) is 4.79 Å². The first-order valence-corrected chi connectivity index (χ1v) is 3.18. The number of carbonyl (C=O) groups excluding carboxylic acids is 1. The van der Waals surface area contributed by atoms with Gasteiger partial charge in [0.2, 0.25) is 0 Å². The number of quaternary nitrogens is 1. The molecule has 0 aliphatic heterocycles. The molecule has 0 spiro atoms. The van der Waals surface area contributed by atoms with Crippen LogP contribution in [0.1, 0.15) is 26.7 Å². The molecule has 0 aromatic carbocycles. The average Bonchev–Trinajstić information content (AvgIpc) is 1.67. The van der Waals surface area contributed by atoms with Gasteiger partial charge in [-0.25, -0.2) is 0 Å². The zero-order valence-electron chi connectivity index (χ0n) is 6.14. The molecule has 0 fully saturated rings. The van der Waals surface area contributed by atoms with Crippen molar-refractivity contribution in [3.63, 3.8) is 0 Å². The topological polar surface area (TPSA) is 67.8 Å². The normalized spacial score (nSPS) is 7.44. The maximum atomic E-state index is 9.49. The summed E-state index contributed by atoms with van der Waals surface area (Å²) in [6.45, 7) is 4.82. The molecule has 0 aromatic heterocycles. The lowest BCUT2D eigenvalue weighted by atomic mass is 10.4. The summed E-state index contributed by atoms with van der Waals surface area (Å²) in [5.41, 5.74) is 3.49. The van der Waals surface area contributed by atoms with Crippen molar-refractivity contribution in [2.75, 3.05) is 6.54 Å². The van der Waals surface area contributed by atoms with Crippen LogP contribution in [-0.4, -0.2) is 12.5 Å². The van der Waals surface area contributed by atoms with Crippen LogP contribution in [0.5, 0.6) is 0 Å². The summed E-state index contributed by atoms with van der Waals surface area (Å²) in [4.78, 5) is 9.49. The summed E-state index contributed by atoms with van der Waals surface area (Å²) in [6.07, 6.45) is 0.850. The Kier molecular flexibility index (Phi) is 13.0. The van der Waals surface area contributed by atoms with Gasteiger partial charge in [0.05, 0.1) is 6.54 Å². The fraction of sp³-hybridized carbons (Fsp3) is 0.833. The molecule has 0 bridgehead atoms. The van der Waals surface area contributed by atoms with E-state index < -0.39 is 5.97 Å². The molecule has 0 amide bonds. The molecule has 0 heterocycles. The summed E-state index contributed by atoms with van der Waals surface area (Å²) in [7, 11) is 0. The van der Waals surface area contributed by atoms with E-state index in [4.69, 9.17) is 0 Å². The quantitative estimate of drug-likeness (QED) is 0.513. The second-order valence-electron chi connectivity index (χ2n) is 1.62. The van der Waals surface area contributed by atoms with E-state index in [1.807, 2.05) is 6.92 Å². The number of hydrogen-bond acceptors (Lipinski definition) is 2. The lowest BCUT2D eigenvalue weighted by Gasteiger charge is -1.92. The van der Waals surface area contributed by atoms with Crippen LogP contribution in [0.3, 0.4) is 0 Å². The number of carbonyl (C=O) groups is 1. The van der Waals surface area contributed by atoms with Gasteiger partial charge in [-0.05, 0) is 13.3 Å². The molecule has 9 heavy (non-hydrogen) atoms. The van der Waals surface area contributed by atoms with Crippen molar-refractivity contribution in [3.8, 4) is 0 Å². The smallest absolute Gasteiger partial charge is 0.0711 e. The molecule has 0 saturated carbocycles. The molecule has 3 heteroatoms. The average molecular weight is 133 g/mol. The van der Waals surface area contributed by atoms with Crippen LogP contribution >= 0.6 is 0 Å². The highest BCUT2D eigenvalue weighted by Gasteiger charge is 1.75. The Morgan fingerprint density at radius 1 is 1.56 bits per heavy atom. The Balaban J connectivity index is 0. The van der Waals surface area contributed by atoms with Gasteiger partial charge in [0.25, 0.3) is 0 Å². The first-order valence-electron chi connectivity index (χ1n) is 3.18. The van der Waals surface area contributed by atoms with Gasteiger partial charge in [-0.3, -0.25) is 0 Å². The van der Waals surface area contributed by atoms with Gasteiger partial charge in [-0.2, -0.15) is 0 Å². The molecule has 0 radical (unpaired) electrons. The number of carboxylic acids is 1. The summed E-state index contributed by atoms with van der Waals surface area (Å²) in [5, 5.41) is 9.49. The lowest BCUT2D eigenvalue weighted by molar-refractivity contribution is -0.361. The SMILES string of the molecule is CCCC(=O)[O-].CC[NH3+]. The Hall–Kier alpha value is -0.570. The third kappa shape index (κ3) is 37.1. The van der Waals surface area contributed by atoms with Crippen molar-refractivity contribution >= 4 is 5.97 Å². The van der Waals surface area contributed by atoms with E-state index in [2.05, 4.69) is 5.73 Å². The second kappa shape index (κ2) is 10.4. The summed E-state index contributed by atoms with van der Waals surface area (Å²) in [6, 6.07) is 0. The first-order chi connectivity index (χ1) is 4.18. The van der Waals surface area contributed by atoms with Crippen molar-refractivity contribution in [1.29, 1.82) is 0 Å². The van der Waals surface area contributed by atoms with E-state index in [-0.39, 0.29) is 6.42 Å². The highest BCUT2D eigenvalue weighted by Crippen LogP contribution is 1.79. The summed E-state index contributed by atoms with van der Waals surface area (Å²) < 4.78 is 0. The van der Waals surface area contributed by atoms with Crippen LogP contribution in [0.25, 0.3) is 0 Å². The largest absolute Gasteiger partial charge is 0.550 e. The van der Waals surface area contributed by atoms with Crippen molar-refractivity contribution < 1.29 is 15.6 Å². The highest BCUT2D eigenvalue weighted by molar-refractivity contribution is 5.63. The standard InChI is InChI=1S/C4H8O2.C2H7N/c1-2-3-4(5)6;1-2-3/h2-3H2,1H3,(H,5,6);2-3H2,1H3. The van der Waals surface area contributed by atoms with Crippen LogP contribution in [0.4, 0.5) is 0 Å². The monoisotopic (exact) mass is 133 g/mol. The van der Waals surface area contributed by atoms with E-state index in [1.54, 1.807) is 6.92 Å². The highest BCUT2D eigenvalue weighted by atomic mass is 16.4. The number of carboxylic acid groups (broad SMARTS) is 1. The van der Waals surface area contributed by atoms with Gasteiger partial charge < -0.3 is 15.6 Å². The minimum absolute atomic E-state index is 0.181. The molecule has 3 N–H and O–H groups in total. The maximum absolute atomic E-state index is 9.49. The molecule has 0 rings (SSSR count). The van der Waals surface area contributed by atoms with Crippen LogP contribution in [0.15, 0.2) is 0 Å². The van der Waals surface area contributed by atoms with Gasteiger partial charge in [0, 0.05) is 5.97 Å². The van der Waals surface area contributed by atoms with Gasteiger partial charge in [0.1, 0.15) is 0 Å². The number of aliphatic carboxylic acids is 1. The van der Waals surface area contributed by atoms with Gasteiger partial charge >= 0.3 is 0 Å². The van der Waals surface area contributed by atoms with Crippen LogP contribution in [0.2, 0.25) is 0 Å². The van der Waals surface area contributed by atoms with Crippen molar-refractivity contribution in [2.24, 2.45) is 0 Å². The Morgan fingerprint density at radius 3 is 1.89 bits per heavy atom. The van der Waals surface area contributed by atoms with Crippen molar-refractivity contribution in [1.82, 2.24) is 0 Å². The minimum atomic E-state index is -0.961. The zero-order valence-corrected chi connectivity index (χ0v) is 6.14. The maximum Gasteiger partial charge on any atom is 0.0711 e. The van der Waals surface area contributed by atoms with Crippen LogP contribution < -0.4 is 10.8 Å². The Morgan fingerprint density at radius 2 is 1.89 bits per heavy atom. The molecule has 0 saturated heterocycles. The van der Waals surface area contributed by atoms with Crippen molar-refractivity contribution in [2.45, 2.75) is 26.7 Å². The molecular weight excluding hydrogens is 118 g/mol.